The Morgan fingerprint density at radius 1 is 0.842 bits per heavy atom. The monoisotopic (exact) mass is 779 g/mol. The topological polar surface area (TPSA) is 119 Å². The number of carbonyl (C=O) groups is 2. The highest BCUT2D eigenvalue weighted by Crippen LogP contribution is 2.41. The highest BCUT2D eigenvalue weighted by atomic mass is 16.3. The molecule has 0 aromatic heterocycles. The maximum absolute atomic E-state index is 12.8. The lowest BCUT2D eigenvalue weighted by Gasteiger charge is -2.28. The number of hydrogen-bond acceptors (Lipinski definition) is 6. The second kappa shape index (κ2) is 20.6. The van der Waals surface area contributed by atoms with Crippen LogP contribution in [0.25, 0.3) is 5.57 Å². The van der Waals surface area contributed by atoms with Crippen molar-refractivity contribution in [3.63, 3.8) is 0 Å². The number of carbonyl (C=O) groups excluding carboxylic acids is 2. The largest absolute Gasteiger partial charge is 0.508 e. The number of aliphatic hydroxyl groups is 2. The van der Waals surface area contributed by atoms with Crippen LogP contribution >= 0.6 is 0 Å². The third-order valence-corrected chi connectivity index (χ3v) is 9.60. The molecule has 1 unspecified atom stereocenters. The third kappa shape index (κ3) is 15.2. The molecule has 0 aliphatic heterocycles. The number of aliphatic hydroxyl groups excluding tert-OH is 2. The minimum absolute atomic E-state index is 0.0343. The summed E-state index contributed by atoms with van der Waals surface area (Å²) in [5, 5.41) is 37.8. The predicted octanol–water partition coefficient (Wildman–Crippen LogP) is 11.2. The molecule has 57 heavy (non-hydrogen) atoms. The number of amides is 1. The predicted molar refractivity (Wildman–Crippen MR) is 239 cm³/mol. The van der Waals surface area contributed by atoms with Crippen LogP contribution in [0.15, 0.2) is 89.4 Å². The van der Waals surface area contributed by atoms with Crippen LogP contribution in [0.1, 0.15) is 138 Å². The molecule has 0 fully saturated rings. The van der Waals surface area contributed by atoms with Crippen molar-refractivity contribution < 1.29 is 24.9 Å². The van der Waals surface area contributed by atoms with Crippen LogP contribution in [-0.4, -0.2) is 40.7 Å². The molecule has 1 atom stereocenters. The van der Waals surface area contributed by atoms with Gasteiger partial charge < -0.3 is 30.7 Å². The lowest BCUT2D eigenvalue weighted by molar-refractivity contribution is -0.120. The molecular formula is C50H70N2O5. The molecule has 7 nitrogen and oxygen atoms in total. The summed E-state index contributed by atoms with van der Waals surface area (Å²) < 4.78 is 0. The van der Waals surface area contributed by atoms with Gasteiger partial charge in [-0.1, -0.05) is 132 Å². The number of benzene rings is 2. The standard InChI is InChI=1S/C31H40N2O3.C15H22O.C4H8O/c1-30(2,3)26-16-20(17-27(29(26)36)31(4,5)6)8-15-28(35)33-24-14-11-22(18-25(34)19-24)21-9-12-23(32-7)13-10-21;1-14(2,3)11-9-7-8-10-12(13(11)16)15(4,5)6;1-2-3-4-5/h9-14,16-19,25,32,34,36H,8,15H2,1-7H3,(H,33,35);9,16H,10H2,1-6H3;4H,2-3H2,1H3. The van der Waals surface area contributed by atoms with E-state index in [-0.39, 0.29) is 27.6 Å². The van der Waals surface area contributed by atoms with E-state index in [0.717, 1.165) is 57.4 Å². The summed E-state index contributed by atoms with van der Waals surface area (Å²) in [6.07, 6.45) is 12.3. The Kier molecular flexibility index (Phi) is 17.4. The van der Waals surface area contributed by atoms with E-state index in [0.29, 0.717) is 42.9 Å². The van der Waals surface area contributed by atoms with Crippen LogP contribution in [0.5, 0.6) is 5.75 Å². The first-order valence-corrected chi connectivity index (χ1v) is 20.1. The van der Waals surface area contributed by atoms with E-state index in [4.69, 9.17) is 0 Å². The Balaban J connectivity index is 0.000000440. The fourth-order valence-electron chi connectivity index (χ4n) is 6.16. The van der Waals surface area contributed by atoms with Crippen molar-refractivity contribution in [2.24, 2.45) is 10.8 Å². The van der Waals surface area contributed by atoms with Gasteiger partial charge in [0.25, 0.3) is 0 Å². The van der Waals surface area contributed by atoms with E-state index >= 15 is 0 Å². The molecule has 1 amide bonds. The summed E-state index contributed by atoms with van der Waals surface area (Å²) in [4.78, 5) is 22.2. The van der Waals surface area contributed by atoms with Crippen molar-refractivity contribution >= 4 is 23.5 Å². The van der Waals surface area contributed by atoms with Gasteiger partial charge in [0.05, 0.1) is 6.10 Å². The van der Waals surface area contributed by atoms with E-state index in [1.54, 1.807) is 12.2 Å². The van der Waals surface area contributed by atoms with Gasteiger partial charge in [0.1, 0.15) is 17.8 Å². The van der Waals surface area contributed by atoms with Crippen LogP contribution in [0.4, 0.5) is 5.69 Å². The fourth-order valence-corrected chi connectivity index (χ4v) is 6.16. The number of nitrogens with one attached hydrogen (secondary N) is 2. The minimum atomic E-state index is -0.810. The lowest BCUT2D eigenvalue weighted by Crippen LogP contribution is -2.23. The maximum Gasteiger partial charge on any atom is 0.224 e. The first-order chi connectivity index (χ1) is 26.3. The average molecular weight is 779 g/mol. The number of rotatable bonds is 8. The maximum atomic E-state index is 12.8. The second-order valence-electron chi connectivity index (χ2n) is 18.8. The Morgan fingerprint density at radius 2 is 1.42 bits per heavy atom. The number of aromatic hydroxyl groups is 1. The summed E-state index contributed by atoms with van der Waals surface area (Å²) in [7, 11) is 1.87. The Labute approximate surface area is 344 Å². The van der Waals surface area contributed by atoms with Crippen LogP contribution in [0.2, 0.25) is 0 Å². The van der Waals surface area contributed by atoms with Gasteiger partial charge in [-0.15, -0.1) is 0 Å². The van der Waals surface area contributed by atoms with Gasteiger partial charge in [-0.25, -0.2) is 0 Å². The van der Waals surface area contributed by atoms with Gasteiger partial charge in [0, 0.05) is 43.3 Å². The van der Waals surface area contributed by atoms with E-state index in [1.807, 2.05) is 68.6 Å². The van der Waals surface area contributed by atoms with Crippen molar-refractivity contribution in [2.75, 3.05) is 12.4 Å². The molecule has 2 aromatic rings. The van der Waals surface area contributed by atoms with E-state index in [9.17, 15) is 24.9 Å². The smallest absolute Gasteiger partial charge is 0.224 e. The molecule has 0 radical (unpaired) electrons. The van der Waals surface area contributed by atoms with E-state index in [1.165, 1.54) is 0 Å². The van der Waals surface area contributed by atoms with Crippen molar-refractivity contribution in [1.29, 1.82) is 0 Å². The van der Waals surface area contributed by atoms with Crippen molar-refractivity contribution in [3.05, 3.63) is 112 Å². The number of aryl methyl sites for hydroxylation is 1. The van der Waals surface area contributed by atoms with Gasteiger partial charge >= 0.3 is 0 Å². The average Bonchev–Trinajstić information content (AvgIpc) is 3.42. The normalized spacial score (nSPS) is 15.8. The van der Waals surface area contributed by atoms with Gasteiger partial charge in [-0.2, -0.15) is 0 Å². The molecule has 2 aliphatic carbocycles. The highest BCUT2D eigenvalue weighted by Gasteiger charge is 2.29. The molecule has 0 bridgehead atoms. The molecule has 0 spiro atoms. The van der Waals surface area contributed by atoms with Crippen molar-refractivity contribution in [3.8, 4) is 17.6 Å². The third-order valence-electron chi connectivity index (χ3n) is 9.60. The molecule has 5 N–H and O–H groups in total. The zero-order valence-electron chi connectivity index (χ0n) is 37.2. The number of unbranched alkanes of at least 4 members (excludes halogenated alkanes) is 1. The first-order valence-electron chi connectivity index (χ1n) is 20.1. The number of allylic oxidation sites excluding steroid dienone is 6. The Hall–Kier alpha value is -4.80. The molecule has 0 saturated carbocycles. The Morgan fingerprint density at radius 3 is 1.88 bits per heavy atom. The summed E-state index contributed by atoms with van der Waals surface area (Å²) in [5.74, 6) is 6.76. The minimum Gasteiger partial charge on any atom is -0.508 e. The second-order valence-corrected chi connectivity index (χ2v) is 18.8. The molecule has 310 valence electrons. The zero-order valence-corrected chi connectivity index (χ0v) is 37.2. The number of anilines is 1. The fraction of sp³-hybridized carbons (Fsp3) is 0.480. The molecule has 7 heteroatoms. The zero-order chi connectivity index (χ0) is 43.4. The van der Waals surface area contributed by atoms with Gasteiger partial charge in [-0.3, -0.25) is 4.79 Å². The number of hydrogen-bond donors (Lipinski definition) is 5. The molecule has 2 aromatic carbocycles. The van der Waals surface area contributed by atoms with Crippen LogP contribution in [0.3, 0.4) is 0 Å². The lowest BCUT2D eigenvalue weighted by atomic mass is 9.78. The molecule has 2 aliphatic rings. The molecular weight excluding hydrogens is 709 g/mol. The molecule has 0 heterocycles. The van der Waals surface area contributed by atoms with E-state index < -0.39 is 6.10 Å². The SMILES string of the molecule is CC(C)(C)C1=CC#CCC(C(C)(C)C)=C1O.CCCC=O.CNc1ccc(C2=CC(O)C=C(NC(=O)CCc3cc(C(C)(C)C)c(O)c(C(C)(C)C)c3)C=C2)cc1. The summed E-state index contributed by atoms with van der Waals surface area (Å²) in [5.41, 5.74) is 7.72. The van der Waals surface area contributed by atoms with Crippen LogP contribution < -0.4 is 10.6 Å². The number of phenols is 1. The summed E-state index contributed by atoms with van der Waals surface area (Å²) in [6, 6.07) is 12.0. The first kappa shape index (κ1) is 48.3. The quantitative estimate of drug-likeness (QED) is 0.134. The molecule has 0 saturated heterocycles. The summed E-state index contributed by atoms with van der Waals surface area (Å²) in [6.45, 7) is 27.1. The number of phenolic OH excluding ortho intramolecular Hbond substituents is 1. The van der Waals surface area contributed by atoms with Gasteiger partial charge in [0.2, 0.25) is 5.91 Å². The summed E-state index contributed by atoms with van der Waals surface area (Å²) >= 11 is 0. The Bertz CT molecular complexity index is 1880. The van der Waals surface area contributed by atoms with E-state index in [2.05, 4.69) is 106 Å². The van der Waals surface area contributed by atoms with Crippen molar-refractivity contribution in [2.45, 2.75) is 139 Å². The molecule has 4 rings (SSSR count). The van der Waals surface area contributed by atoms with Gasteiger partial charge in [0.15, 0.2) is 0 Å². The van der Waals surface area contributed by atoms with Gasteiger partial charge in [-0.05, 0) is 104 Å². The van der Waals surface area contributed by atoms with Crippen molar-refractivity contribution in [1.82, 2.24) is 5.32 Å². The van der Waals surface area contributed by atoms with Crippen LogP contribution in [-0.2, 0) is 26.8 Å². The highest BCUT2D eigenvalue weighted by molar-refractivity contribution is 5.81. The number of aldehydes is 1. The van der Waals surface area contributed by atoms with Crippen LogP contribution in [0, 0.1) is 22.7 Å².